The van der Waals surface area contributed by atoms with E-state index in [0.717, 1.165) is 22.0 Å². The summed E-state index contributed by atoms with van der Waals surface area (Å²) in [6.45, 7) is 2.60. The number of hydrogen-bond donors (Lipinski definition) is 2. The molecule has 7 heteroatoms. The number of methoxy groups -OCH3 is 1. The highest BCUT2D eigenvalue weighted by Gasteiger charge is 2.32. The Balaban J connectivity index is 1.37. The number of anilines is 1. The van der Waals surface area contributed by atoms with E-state index in [0.29, 0.717) is 17.5 Å². The van der Waals surface area contributed by atoms with Gasteiger partial charge in [0.25, 0.3) is 5.91 Å². The van der Waals surface area contributed by atoms with Gasteiger partial charge in [0, 0.05) is 11.7 Å². The van der Waals surface area contributed by atoms with E-state index in [-0.39, 0.29) is 11.9 Å². The quantitative estimate of drug-likeness (QED) is 0.580. The van der Waals surface area contributed by atoms with Gasteiger partial charge in [-0.2, -0.15) is 0 Å². The van der Waals surface area contributed by atoms with Gasteiger partial charge in [-0.15, -0.1) is 10.2 Å². The highest BCUT2D eigenvalue weighted by atomic mass is 32.1. The number of nitrogens with one attached hydrogen (secondary N) is 2. The molecule has 150 valence electrons. The molecule has 0 spiro atoms. The van der Waals surface area contributed by atoms with Crippen molar-refractivity contribution in [3.8, 4) is 5.75 Å². The van der Waals surface area contributed by atoms with Crippen molar-refractivity contribution in [3.05, 3.63) is 69.7 Å². The van der Waals surface area contributed by atoms with Gasteiger partial charge in [-0.1, -0.05) is 41.2 Å². The summed E-state index contributed by atoms with van der Waals surface area (Å²) in [7, 11) is 1.67. The topological polar surface area (TPSA) is 76.1 Å². The molecule has 1 amide bonds. The van der Waals surface area contributed by atoms with Gasteiger partial charge in [-0.05, 0) is 55.5 Å². The molecule has 1 unspecified atom stereocenters. The van der Waals surface area contributed by atoms with Gasteiger partial charge in [0.15, 0.2) is 0 Å². The Morgan fingerprint density at radius 2 is 1.86 bits per heavy atom. The molecule has 1 aliphatic rings. The first kappa shape index (κ1) is 19.5. The average molecular weight is 409 g/mol. The Labute approximate surface area is 174 Å². The van der Waals surface area contributed by atoms with Gasteiger partial charge in [0.1, 0.15) is 10.8 Å². The maximum absolute atomic E-state index is 12.4. The van der Waals surface area contributed by atoms with Crippen LogP contribution in [0.5, 0.6) is 5.75 Å². The van der Waals surface area contributed by atoms with Crippen LogP contribution in [0.15, 0.2) is 48.5 Å². The molecule has 1 fully saturated rings. The van der Waals surface area contributed by atoms with Crippen LogP contribution in [0.2, 0.25) is 0 Å². The molecule has 4 rings (SSSR count). The fraction of sp³-hybridized carbons (Fsp3) is 0.318. The lowest BCUT2D eigenvalue weighted by Gasteiger charge is -2.18. The third-order valence-electron chi connectivity index (χ3n) is 5.01. The molecule has 3 aromatic rings. The minimum Gasteiger partial charge on any atom is -0.497 e. The van der Waals surface area contributed by atoms with Crippen LogP contribution in [-0.2, 0) is 6.54 Å². The smallest absolute Gasteiger partial charge is 0.286 e. The summed E-state index contributed by atoms with van der Waals surface area (Å²) in [5.41, 5.74) is 3.15. The number of rotatable bonds is 8. The second-order valence-corrected chi connectivity index (χ2v) is 8.35. The van der Waals surface area contributed by atoms with Crippen LogP contribution in [-0.4, -0.2) is 23.2 Å². The third kappa shape index (κ3) is 4.99. The minimum atomic E-state index is -0.230. The molecule has 2 N–H and O–H groups in total. The summed E-state index contributed by atoms with van der Waals surface area (Å²) in [6.07, 6.45) is 2.45. The van der Waals surface area contributed by atoms with Gasteiger partial charge in [-0.25, -0.2) is 0 Å². The molecular weight excluding hydrogens is 384 g/mol. The zero-order valence-electron chi connectivity index (χ0n) is 16.5. The molecule has 2 aromatic carbocycles. The van der Waals surface area contributed by atoms with Gasteiger partial charge >= 0.3 is 0 Å². The highest BCUT2D eigenvalue weighted by molar-refractivity contribution is 7.13. The van der Waals surface area contributed by atoms with E-state index in [1.54, 1.807) is 7.11 Å². The molecule has 1 atom stereocenters. The lowest BCUT2D eigenvalue weighted by atomic mass is 10.0. The van der Waals surface area contributed by atoms with E-state index < -0.39 is 0 Å². The summed E-state index contributed by atoms with van der Waals surface area (Å²) in [6, 6.07) is 16.2. The average Bonchev–Trinajstić information content (AvgIpc) is 3.47. The van der Waals surface area contributed by atoms with Crippen LogP contribution in [0.4, 0.5) is 5.69 Å². The van der Waals surface area contributed by atoms with E-state index in [1.807, 2.05) is 43.3 Å². The molecule has 1 heterocycles. The fourth-order valence-electron chi connectivity index (χ4n) is 3.23. The number of hydrogen-bond acceptors (Lipinski definition) is 6. The van der Waals surface area contributed by atoms with Crippen molar-refractivity contribution in [3.63, 3.8) is 0 Å². The van der Waals surface area contributed by atoms with Crippen molar-refractivity contribution in [1.29, 1.82) is 0 Å². The zero-order valence-corrected chi connectivity index (χ0v) is 17.3. The van der Waals surface area contributed by atoms with Crippen molar-refractivity contribution < 1.29 is 9.53 Å². The Morgan fingerprint density at radius 1 is 1.14 bits per heavy atom. The Hall–Kier alpha value is -2.77. The van der Waals surface area contributed by atoms with E-state index in [4.69, 9.17) is 4.74 Å². The molecular formula is C22H24N4O2S. The summed E-state index contributed by atoms with van der Waals surface area (Å²) in [5, 5.41) is 15.9. The number of amides is 1. The van der Waals surface area contributed by atoms with Crippen molar-refractivity contribution in [2.75, 3.05) is 12.4 Å². The first-order valence-corrected chi connectivity index (χ1v) is 10.5. The van der Waals surface area contributed by atoms with Gasteiger partial charge in [0.2, 0.25) is 5.01 Å². The molecule has 0 saturated heterocycles. The maximum Gasteiger partial charge on any atom is 0.286 e. The van der Waals surface area contributed by atoms with E-state index in [1.165, 1.54) is 29.7 Å². The van der Waals surface area contributed by atoms with Gasteiger partial charge in [0.05, 0.1) is 13.7 Å². The van der Waals surface area contributed by atoms with Crippen LogP contribution in [0.1, 0.15) is 44.8 Å². The molecule has 0 aliphatic heterocycles. The second-order valence-electron chi connectivity index (χ2n) is 7.29. The molecule has 0 radical (unpaired) electrons. The number of carbonyl (C=O) groups is 1. The van der Waals surface area contributed by atoms with E-state index in [9.17, 15) is 4.79 Å². The Morgan fingerprint density at radius 3 is 2.52 bits per heavy atom. The number of aromatic nitrogens is 2. The van der Waals surface area contributed by atoms with Crippen molar-refractivity contribution in [2.45, 2.75) is 32.4 Å². The number of carbonyl (C=O) groups excluding carboxylic acids is 1. The SMILES string of the molecule is COc1ccc(C(NCc2nnc(C(=O)Nc3ccc(C)cc3)s2)C2CC2)cc1. The molecule has 6 nitrogen and oxygen atoms in total. The lowest BCUT2D eigenvalue weighted by Crippen LogP contribution is -2.22. The van der Waals surface area contributed by atoms with Crippen molar-refractivity contribution in [2.24, 2.45) is 5.92 Å². The number of benzene rings is 2. The largest absolute Gasteiger partial charge is 0.497 e. The second kappa shape index (κ2) is 8.71. The molecule has 1 aliphatic carbocycles. The predicted octanol–water partition coefficient (Wildman–Crippen LogP) is 4.35. The number of aryl methyl sites for hydroxylation is 1. The molecule has 29 heavy (non-hydrogen) atoms. The minimum absolute atomic E-state index is 0.230. The van der Waals surface area contributed by atoms with Gasteiger partial charge in [-0.3, -0.25) is 4.79 Å². The summed E-state index contributed by atoms with van der Waals surface area (Å²) >= 11 is 1.32. The van der Waals surface area contributed by atoms with E-state index in [2.05, 4.69) is 33.0 Å². The van der Waals surface area contributed by atoms with Crippen LogP contribution in [0, 0.1) is 12.8 Å². The van der Waals surface area contributed by atoms with Crippen molar-refractivity contribution in [1.82, 2.24) is 15.5 Å². The maximum atomic E-state index is 12.4. The zero-order chi connectivity index (χ0) is 20.2. The first-order valence-electron chi connectivity index (χ1n) is 9.70. The standard InChI is InChI=1S/C22H24N4O2S/c1-14-3-9-17(10-4-14)24-21(27)22-26-25-19(29-22)13-23-20(15-5-6-15)16-7-11-18(28-2)12-8-16/h3-4,7-12,15,20,23H,5-6,13H2,1-2H3,(H,24,27). The van der Waals surface area contributed by atoms with Crippen LogP contribution >= 0.6 is 11.3 Å². The molecule has 0 bridgehead atoms. The normalized spacial score (nSPS) is 14.4. The third-order valence-corrected chi connectivity index (χ3v) is 5.93. The fourth-order valence-corrected chi connectivity index (χ4v) is 3.92. The highest BCUT2D eigenvalue weighted by Crippen LogP contribution is 2.41. The molecule has 1 saturated carbocycles. The summed E-state index contributed by atoms with van der Waals surface area (Å²) in [5.74, 6) is 1.27. The van der Waals surface area contributed by atoms with Gasteiger partial charge < -0.3 is 15.4 Å². The Kier molecular flexibility index (Phi) is 5.87. The summed E-state index contributed by atoms with van der Waals surface area (Å²) < 4.78 is 5.25. The first-order chi connectivity index (χ1) is 14.1. The number of ether oxygens (including phenoxy) is 1. The molecule has 1 aromatic heterocycles. The van der Waals surface area contributed by atoms with Crippen LogP contribution < -0.4 is 15.4 Å². The Bertz CT molecular complexity index is 965. The lowest BCUT2D eigenvalue weighted by molar-refractivity contribution is 0.102. The summed E-state index contributed by atoms with van der Waals surface area (Å²) in [4.78, 5) is 12.4. The van der Waals surface area contributed by atoms with Crippen molar-refractivity contribution >= 4 is 22.9 Å². The monoisotopic (exact) mass is 408 g/mol. The van der Waals surface area contributed by atoms with Crippen LogP contribution in [0.3, 0.4) is 0 Å². The van der Waals surface area contributed by atoms with E-state index >= 15 is 0 Å². The number of nitrogens with zero attached hydrogens (tertiary/aromatic N) is 2. The predicted molar refractivity (Wildman–Crippen MR) is 114 cm³/mol. The van der Waals surface area contributed by atoms with Crippen LogP contribution in [0.25, 0.3) is 0 Å².